The summed E-state index contributed by atoms with van der Waals surface area (Å²) in [6.45, 7) is 4.15. The molecular formula is C21H22ClN3O3S. The standard InChI is InChI=1S/C21H22ClN3O3S/c1-13-5-6-15(9-14(13)2)25-8-7-23-21(25)29-12-20(26)24-17-10-16(22)18(27-3)11-19(17)28-4/h5-11H,12H2,1-4H3,(H,24,26). The fraction of sp³-hybridized carbons (Fsp3) is 0.238. The third kappa shape index (κ3) is 4.86. The topological polar surface area (TPSA) is 65.4 Å². The van der Waals surface area contributed by atoms with E-state index in [4.69, 9.17) is 21.1 Å². The number of amides is 1. The van der Waals surface area contributed by atoms with Gasteiger partial charge in [0.25, 0.3) is 0 Å². The number of benzene rings is 2. The fourth-order valence-corrected chi connectivity index (χ4v) is 3.76. The molecule has 3 aromatic rings. The quantitative estimate of drug-likeness (QED) is 0.539. The Kier molecular flexibility index (Phi) is 6.71. The molecule has 0 fully saturated rings. The molecule has 8 heteroatoms. The number of rotatable bonds is 7. The highest BCUT2D eigenvalue weighted by atomic mass is 35.5. The lowest BCUT2D eigenvalue weighted by atomic mass is 10.1. The molecule has 0 spiro atoms. The second kappa shape index (κ2) is 9.24. The van der Waals surface area contributed by atoms with Crippen molar-refractivity contribution in [3.8, 4) is 17.2 Å². The van der Waals surface area contributed by atoms with Gasteiger partial charge in [-0.25, -0.2) is 4.98 Å². The Hall–Kier alpha value is -2.64. The normalized spacial score (nSPS) is 10.7. The fourth-order valence-electron chi connectivity index (χ4n) is 2.74. The van der Waals surface area contributed by atoms with Crippen LogP contribution in [0.25, 0.3) is 5.69 Å². The maximum Gasteiger partial charge on any atom is 0.234 e. The molecule has 0 unspecified atom stereocenters. The van der Waals surface area contributed by atoms with Crippen molar-refractivity contribution in [3.63, 3.8) is 0 Å². The molecule has 1 amide bonds. The Labute approximate surface area is 179 Å². The largest absolute Gasteiger partial charge is 0.495 e. The molecule has 0 aliphatic carbocycles. The highest BCUT2D eigenvalue weighted by Crippen LogP contribution is 2.36. The predicted octanol–water partition coefficient (Wildman–Crippen LogP) is 4.89. The molecule has 0 aliphatic heterocycles. The van der Waals surface area contributed by atoms with Crippen LogP contribution in [-0.2, 0) is 4.79 Å². The van der Waals surface area contributed by atoms with Gasteiger partial charge in [-0.1, -0.05) is 29.4 Å². The summed E-state index contributed by atoms with van der Waals surface area (Å²) in [6, 6.07) is 9.46. The zero-order valence-electron chi connectivity index (χ0n) is 16.7. The third-order valence-electron chi connectivity index (χ3n) is 4.46. The number of hydrogen-bond donors (Lipinski definition) is 1. The van der Waals surface area contributed by atoms with Crippen LogP contribution < -0.4 is 14.8 Å². The summed E-state index contributed by atoms with van der Waals surface area (Å²) in [4.78, 5) is 16.9. The van der Waals surface area contributed by atoms with Gasteiger partial charge >= 0.3 is 0 Å². The van der Waals surface area contributed by atoms with E-state index < -0.39 is 0 Å². The van der Waals surface area contributed by atoms with Crippen molar-refractivity contribution < 1.29 is 14.3 Å². The molecular weight excluding hydrogens is 410 g/mol. The first kappa shape index (κ1) is 21.1. The van der Waals surface area contributed by atoms with Crippen LogP contribution >= 0.6 is 23.4 Å². The second-order valence-corrected chi connectivity index (χ2v) is 7.72. The van der Waals surface area contributed by atoms with Gasteiger partial charge in [0.05, 0.1) is 30.7 Å². The van der Waals surface area contributed by atoms with Crippen LogP contribution in [-0.4, -0.2) is 35.4 Å². The second-order valence-electron chi connectivity index (χ2n) is 6.37. The molecule has 1 aromatic heterocycles. The summed E-state index contributed by atoms with van der Waals surface area (Å²) < 4.78 is 12.5. The molecule has 1 heterocycles. The number of carbonyl (C=O) groups excluding carboxylic acids is 1. The summed E-state index contributed by atoms with van der Waals surface area (Å²) in [6.07, 6.45) is 3.61. The summed E-state index contributed by atoms with van der Waals surface area (Å²) >= 11 is 7.51. The van der Waals surface area contributed by atoms with Crippen LogP contribution in [0.5, 0.6) is 11.5 Å². The van der Waals surface area contributed by atoms with Crippen molar-refractivity contribution in [1.82, 2.24) is 9.55 Å². The van der Waals surface area contributed by atoms with Crippen LogP contribution in [0.15, 0.2) is 47.9 Å². The first-order valence-electron chi connectivity index (χ1n) is 8.88. The minimum Gasteiger partial charge on any atom is -0.495 e. The SMILES string of the molecule is COc1cc(OC)c(NC(=O)CSc2nccn2-c2ccc(C)c(C)c2)cc1Cl. The van der Waals surface area contributed by atoms with E-state index in [1.165, 1.54) is 37.1 Å². The first-order valence-corrected chi connectivity index (χ1v) is 10.2. The number of thioether (sulfide) groups is 1. The van der Waals surface area contributed by atoms with Crippen molar-refractivity contribution in [2.45, 2.75) is 19.0 Å². The van der Waals surface area contributed by atoms with Crippen molar-refractivity contribution in [1.29, 1.82) is 0 Å². The molecule has 6 nitrogen and oxygen atoms in total. The highest BCUT2D eigenvalue weighted by Gasteiger charge is 2.14. The molecule has 0 saturated heterocycles. The van der Waals surface area contributed by atoms with Crippen LogP contribution in [0.2, 0.25) is 5.02 Å². The number of hydrogen-bond acceptors (Lipinski definition) is 5. The van der Waals surface area contributed by atoms with E-state index in [0.717, 1.165) is 10.8 Å². The van der Waals surface area contributed by atoms with Gasteiger partial charge in [0.1, 0.15) is 11.5 Å². The zero-order chi connectivity index (χ0) is 21.0. The van der Waals surface area contributed by atoms with Gasteiger partial charge in [0.15, 0.2) is 5.16 Å². The van der Waals surface area contributed by atoms with Crippen LogP contribution in [0, 0.1) is 13.8 Å². The molecule has 3 rings (SSSR count). The lowest BCUT2D eigenvalue weighted by molar-refractivity contribution is -0.113. The number of nitrogens with one attached hydrogen (secondary N) is 1. The maximum absolute atomic E-state index is 12.5. The zero-order valence-corrected chi connectivity index (χ0v) is 18.2. The summed E-state index contributed by atoms with van der Waals surface area (Å²) in [5.41, 5.74) is 3.93. The number of imidazole rings is 1. The molecule has 152 valence electrons. The molecule has 0 atom stereocenters. The number of methoxy groups -OCH3 is 2. The maximum atomic E-state index is 12.5. The third-order valence-corrected chi connectivity index (χ3v) is 5.72. The summed E-state index contributed by atoms with van der Waals surface area (Å²) in [5.74, 6) is 0.950. The van der Waals surface area contributed by atoms with Crippen LogP contribution in [0.4, 0.5) is 5.69 Å². The van der Waals surface area contributed by atoms with E-state index in [1.807, 2.05) is 16.8 Å². The minimum absolute atomic E-state index is 0.189. The monoisotopic (exact) mass is 431 g/mol. The molecule has 0 aliphatic rings. The van der Waals surface area contributed by atoms with Gasteiger partial charge in [0.2, 0.25) is 5.91 Å². The average Bonchev–Trinajstić information content (AvgIpc) is 3.17. The number of halogens is 1. The summed E-state index contributed by atoms with van der Waals surface area (Å²) in [7, 11) is 3.04. The van der Waals surface area contributed by atoms with Crippen LogP contribution in [0.1, 0.15) is 11.1 Å². The minimum atomic E-state index is -0.191. The number of carbonyl (C=O) groups is 1. The molecule has 1 N–H and O–H groups in total. The number of ether oxygens (including phenoxy) is 2. The van der Waals surface area contributed by atoms with E-state index in [-0.39, 0.29) is 11.7 Å². The van der Waals surface area contributed by atoms with E-state index in [1.54, 1.807) is 18.3 Å². The van der Waals surface area contributed by atoms with Gasteiger partial charge in [0, 0.05) is 24.1 Å². The van der Waals surface area contributed by atoms with E-state index in [2.05, 4.69) is 36.3 Å². The van der Waals surface area contributed by atoms with Crippen LogP contribution in [0.3, 0.4) is 0 Å². The first-order chi connectivity index (χ1) is 13.9. The number of anilines is 1. The Morgan fingerprint density at radius 3 is 2.59 bits per heavy atom. The van der Waals surface area contributed by atoms with Crippen molar-refractivity contribution in [2.24, 2.45) is 0 Å². The Morgan fingerprint density at radius 2 is 1.90 bits per heavy atom. The predicted molar refractivity (Wildman–Crippen MR) is 117 cm³/mol. The lowest BCUT2D eigenvalue weighted by Crippen LogP contribution is -2.15. The van der Waals surface area contributed by atoms with E-state index in [9.17, 15) is 4.79 Å². The Bertz CT molecular complexity index is 1040. The van der Waals surface area contributed by atoms with Crippen molar-refractivity contribution >= 4 is 35.0 Å². The molecule has 2 aromatic carbocycles. The Balaban J connectivity index is 1.70. The summed E-state index contributed by atoms with van der Waals surface area (Å²) in [5, 5.41) is 3.96. The van der Waals surface area contributed by atoms with Gasteiger partial charge in [-0.3, -0.25) is 9.36 Å². The smallest absolute Gasteiger partial charge is 0.234 e. The van der Waals surface area contributed by atoms with E-state index in [0.29, 0.717) is 22.2 Å². The lowest BCUT2D eigenvalue weighted by Gasteiger charge is -2.13. The van der Waals surface area contributed by atoms with Gasteiger partial charge in [-0.15, -0.1) is 0 Å². The molecule has 0 bridgehead atoms. The van der Waals surface area contributed by atoms with Crippen molar-refractivity contribution in [3.05, 3.63) is 58.9 Å². The Morgan fingerprint density at radius 1 is 1.14 bits per heavy atom. The number of aromatic nitrogens is 2. The number of nitrogens with zero attached hydrogens (tertiary/aromatic N) is 2. The molecule has 29 heavy (non-hydrogen) atoms. The van der Waals surface area contributed by atoms with E-state index >= 15 is 0 Å². The van der Waals surface area contributed by atoms with Gasteiger partial charge < -0.3 is 14.8 Å². The molecule has 0 radical (unpaired) electrons. The number of aryl methyl sites for hydroxylation is 2. The van der Waals surface area contributed by atoms with Gasteiger partial charge in [-0.2, -0.15) is 0 Å². The van der Waals surface area contributed by atoms with Gasteiger partial charge in [-0.05, 0) is 43.2 Å². The molecule has 0 saturated carbocycles. The van der Waals surface area contributed by atoms with Crippen molar-refractivity contribution in [2.75, 3.05) is 25.3 Å². The average molecular weight is 432 g/mol. The highest BCUT2D eigenvalue weighted by molar-refractivity contribution is 7.99.